The van der Waals surface area contributed by atoms with Crippen molar-refractivity contribution in [3.05, 3.63) is 48.7 Å². The minimum absolute atomic E-state index is 0.0792. The summed E-state index contributed by atoms with van der Waals surface area (Å²) in [4.78, 5) is 3.82. The first-order chi connectivity index (χ1) is 8.08. The second-order valence-electron chi connectivity index (χ2n) is 3.39. The van der Waals surface area contributed by atoms with Crippen molar-refractivity contribution in [1.82, 2.24) is 4.98 Å². The van der Waals surface area contributed by atoms with Crippen molar-refractivity contribution in [2.24, 2.45) is 0 Å². The monoisotopic (exact) mass is 249 g/mol. The summed E-state index contributed by atoms with van der Waals surface area (Å²) in [6.45, 7) is 0. The molecule has 17 heavy (non-hydrogen) atoms. The fourth-order valence-corrected chi connectivity index (χ4v) is 2.27. The lowest BCUT2D eigenvalue weighted by Gasteiger charge is -2.07. The average molecular weight is 249 g/mol. The van der Waals surface area contributed by atoms with Crippen LogP contribution in [0.5, 0.6) is 0 Å². The summed E-state index contributed by atoms with van der Waals surface area (Å²) in [5, 5.41) is 0. The second kappa shape index (κ2) is 4.42. The summed E-state index contributed by atoms with van der Waals surface area (Å²) in [6.07, 6.45) is 1.22. The topological polar surface area (TPSA) is 85.1 Å². The summed E-state index contributed by atoms with van der Waals surface area (Å²) < 4.78 is 26.3. The third kappa shape index (κ3) is 2.73. The Morgan fingerprint density at radius 1 is 1.06 bits per heavy atom. The highest BCUT2D eigenvalue weighted by atomic mass is 32.2. The number of sulfonamides is 1. The van der Waals surface area contributed by atoms with E-state index in [4.69, 9.17) is 5.73 Å². The summed E-state index contributed by atoms with van der Waals surface area (Å²) in [5.41, 5.74) is 5.90. The maximum Gasteiger partial charge on any atom is 0.263 e. The van der Waals surface area contributed by atoms with E-state index in [2.05, 4.69) is 9.71 Å². The zero-order chi connectivity index (χ0) is 12.3. The van der Waals surface area contributed by atoms with Gasteiger partial charge in [0.25, 0.3) is 10.0 Å². The molecule has 0 unspecified atom stereocenters. The van der Waals surface area contributed by atoms with Crippen molar-refractivity contribution >= 4 is 21.5 Å². The summed E-state index contributed by atoms with van der Waals surface area (Å²) in [5.74, 6) is 0.281. The van der Waals surface area contributed by atoms with E-state index in [0.717, 1.165) is 0 Å². The number of benzene rings is 1. The third-order valence-corrected chi connectivity index (χ3v) is 3.46. The third-order valence-electron chi connectivity index (χ3n) is 2.10. The number of rotatable bonds is 3. The molecule has 0 atom stereocenters. The zero-order valence-corrected chi connectivity index (χ0v) is 9.68. The van der Waals surface area contributed by atoms with E-state index >= 15 is 0 Å². The Labute approximate surface area is 99.4 Å². The van der Waals surface area contributed by atoms with Crippen molar-refractivity contribution in [3.63, 3.8) is 0 Å². The Morgan fingerprint density at radius 3 is 2.35 bits per heavy atom. The normalized spacial score (nSPS) is 11.1. The predicted octanol–water partition coefficient (Wildman–Crippen LogP) is 1.46. The molecule has 1 aromatic carbocycles. The Morgan fingerprint density at radius 2 is 1.76 bits per heavy atom. The molecular formula is C11H11N3O2S. The Hall–Kier alpha value is -2.08. The first-order valence-corrected chi connectivity index (χ1v) is 6.36. The van der Waals surface area contributed by atoms with Crippen LogP contribution in [0.15, 0.2) is 53.6 Å². The highest BCUT2D eigenvalue weighted by molar-refractivity contribution is 7.92. The van der Waals surface area contributed by atoms with Crippen LogP contribution in [-0.4, -0.2) is 13.4 Å². The van der Waals surface area contributed by atoms with Gasteiger partial charge < -0.3 is 5.73 Å². The average Bonchev–Trinajstić information content (AvgIpc) is 2.30. The fraction of sp³-hybridized carbons (Fsp3) is 0. The number of para-hydroxylation sites is 1. The van der Waals surface area contributed by atoms with Crippen LogP contribution >= 0.6 is 0 Å². The molecule has 1 heterocycles. The maximum atomic E-state index is 11.9. The fourth-order valence-electron chi connectivity index (χ4n) is 1.27. The van der Waals surface area contributed by atoms with Crippen LogP contribution in [0.2, 0.25) is 0 Å². The smallest absolute Gasteiger partial charge is 0.263 e. The number of aromatic nitrogens is 1. The number of nitrogens with one attached hydrogen (secondary N) is 1. The lowest BCUT2D eigenvalue weighted by Crippen LogP contribution is -2.13. The van der Waals surface area contributed by atoms with Crippen molar-refractivity contribution in [2.45, 2.75) is 4.90 Å². The first kappa shape index (κ1) is 11.4. The number of hydrogen-bond acceptors (Lipinski definition) is 4. The molecule has 6 heteroatoms. The number of nitrogens with zero attached hydrogens (tertiary/aromatic N) is 1. The highest BCUT2D eigenvalue weighted by Crippen LogP contribution is 2.15. The van der Waals surface area contributed by atoms with Gasteiger partial charge in [0.05, 0.1) is 0 Å². The van der Waals surface area contributed by atoms with Gasteiger partial charge >= 0.3 is 0 Å². The number of anilines is 2. The molecule has 0 saturated carbocycles. The minimum Gasteiger partial charge on any atom is -0.384 e. The van der Waals surface area contributed by atoms with Gasteiger partial charge in [0.15, 0.2) is 0 Å². The Bertz CT molecular complexity index is 594. The molecule has 0 radical (unpaired) electrons. The predicted molar refractivity (Wildman–Crippen MR) is 65.9 cm³/mol. The molecule has 0 aliphatic rings. The Kier molecular flexibility index (Phi) is 2.97. The quantitative estimate of drug-likeness (QED) is 0.862. The van der Waals surface area contributed by atoms with Crippen LogP contribution in [0.4, 0.5) is 11.5 Å². The number of pyridine rings is 1. The van der Waals surface area contributed by atoms with E-state index in [1.165, 1.54) is 18.3 Å². The van der Waals surface area contributed by atoms with Crippen LogP contribution in [0.1, 0.15) is 0 Å². The molecule has 2 aromatic rings. The highest BCUT2D eigenvalue weighted by Gasteiger charge is 2.13. The Balaban J connectivity index is 2.29. The van der Waals surface area contributed by atoms with Crippen molar-refractivity contribution in [2.75, 3.05) is 10.5 Å². The van der Waals surface area contributed by atoms with E-state index < -0.39 is 10.0 Å². The molecule has 2 rings (SSSR count). The zero-order valence-electron chi connectivity index (χ0n) is 8.87. The first-order valence-electron chi connectivity index (χ1n) is 4.87. The van der Waals surface area contributed by atoms with Gasteiger partial charge in [-0.15, -0.1) is 0 Å². The molecule has 0 aliphatic carbocycles. The van der Waals surface area contributed by atoms with Gasteiger partial charge in [0, 0.05) is 11.9 Å². The maximum absolute atomic E-state index is 11.9. The summed E-state index contributed by atoms with van der Waals surface area (Å²) in [7, 11) is -3.60. The largest absolute Gasteiger partial charge is 0.384 e. The molecule has 3 N–H and O–H groups in total. The summed E-state index contributed by atoms with van der Waals surface area (Å²) in [6, 6.07) is 11.5. The lowest BCUT2D eigenvalue weighted by molar-refractivity contribution is 0.601. The van der Waals surface area contributed by atoms with E-state index in [-0.39, 0.29) is 10.7 Å². The molecule has 0 bridgehead atoms. The van der Waals surface area contributed by atoms with Crippen LogP contribution < -0.4 is 10.5 Å². The standard InChI is InChI=1S/C11H11N3O2S/c12-11-7-6-10(8-13-11)17(15,16)14-9-4-2-1-3-5-9/h1-8,14H,(H2,12,13). The van der Waals surface area contributed by atoms with Gasteiger partial charge in [0.2, 0.25) is 0 Å². The van der Waals surface area contributed by atoms with Crippen LogP contribution in [-0.2, 0) is 10.0 Å². The molecule has 0 fully saturated rings. The molecule has 0 aliphatic heterocycles. The van der Waals surface area contributed by atoms with Crippen molar-refractivity contribution in [3.8, 4) is 0 Å². The summed E-state index contributed by atoms with van der Waals surface area (Å²) >= 11 is 0. The van der Waals surface area contributed by atoms with Gasteiger partial charge in [-0.25, -0.2) is 13.4 Å². The number of nitrogen functional groups attached to an aromatic ring is 1. The van der Waals surface area contributed by atoms with E-state index in [0.29, 0.717) is 5.69 Å². The van der Waals surface area contributed by atoms with E-state index in [9.17, 15) is 8.42 Å². The van der Waals surface area contributed by atoms with Gasteiger partial charge in [-0.05, 0) is 24.3 Å². The van der Waals surface area contributed by atoms with E-state index in [1.54, 1.807) is 24.3 Å². The molecule has 88 valence electrons. The molecule has 0 amide bonds. The van der Waals surface area contributed by atoms with Gasteiger partial charge in [-0.2, -0.15) is 0 Å². The molecule has 0 saturated heterocycles. The van der Waals surface area contributed by atoms with Crippen LogP contribution in [0, 0.1) is 0 Å². The molecule has 5 nitrogen and oxygen atoms in total. The van der Waals surface area contributed by atoms with Gasteiger partial charge in [-0.1, -0.05) is 18.2 Å². The SMILES string of the molecule is Nc1ccc(S(=O)(=O)Nc2ccccc2)cn1. The van der Waals surface area contributed by atoms with Gasteiger partial charge in [0.1, 0.15) is 10.7 Å². The van der Waals surface area contributed by atoms with Crippen LogP contribution in [0.25, 0.3) is 0 Å². The number of nitrogens with two attached hydrogens (primary N) is 1. The van der Waals surface area contributed by atoms with E-state index in [1.807, 2.05) is 6.07 Å². The second-order valence-corrected chi connectivity index (χ2v) is 5.07. The van der Waals surface area contributed by atoms with Crippen LogP contribution in [0.3, 0.4) is 0 Å². The van der Waals surface area contributed by atoms with Gasteiger partial charge in [-0.3, -0.25) is 4.72 Å². The molecule has 0 spiro atoms. The minimum atomic E-state index is -3.60. The number of hydrogen-bond donors (Lipinski definition) is 2. The van der Waals surface area contributed by atoms with Crippen molar-refractivity contribution in [1.29, 1.82) is 0 Å². The molecule has 1 aromatic heterocycles. The lowest BCUT2D eigenvalue weighted by atomic mass is 10.3. The van der Waals surface area contributed by atoms with Crippen molar-refractivity contribution < 1.29 is 8.42 Å². The molecular weight excluding hydrogens is 238 g/mol.